The summed E-state index contributed by atoms with van der Waals surface area (Å²) in [6.45, 7) is 17.0. The fourth-order valence-corrected chi connectivity index (χ4v) is 6.21. The molecule has 44 heavy (non-hydrogen) atoms. The van der Waals surface area contributed by atoms with Crippen LogP contribution in [0.3, 0.4) is 0 Å². The molecule has 5 rings (SSSR count). The molecule has 237 valence electrons. The van der Waals surface area contributed by atoms with Crippen molar-refractivity contribution in [2.45, 2.75) is 93.4 Å². The van der Waals surface area contributed by atoms with Gasteiger partial charge in [0.25, 0.3) is 0 Å². The van der Waals surface area contributed by atoms with Gasteiger partial charge in [0.1, 0.15) is 5.75 Å². The van der Waals surface area contributed by atoms with Gasteiger partial charge in [-0.1, -0.05) is 96.2 Å². The summed E-state index contributed by atoms with van der Waals surface area (Å²) in [6, 6.07) is 18.6. The molecule has 0 atom stereocenters. The molecule has 1 N–H and O–H groups in total. The Morgan fingerprint density at radius 1 is 0.955 bits per heavy atom. The number of ether oxygens (including phenoxy) is 1. The first kappa shape index (κ1) is 35.5. The Balaban J connectivity index is 0.000000286. The fourth-order valence-electron chi connectivity index (χ4n) is 6.21. The van der Waals surface area contributed by atoms with Crippen LogP contribution in [0.25, 0.3) is 32.8 Å². The Hall–Kier alpha value is -3.01. The van der Waals surface area contributed by atoms with Gasteiger partial charge in [-0.15, -0.1) is 17.5 Å². The van der Waals surface area contributed by atoms with Gasteiger partial charge in [0.05, 0.1) is 11.5 Å². The Morgan fingerprint density at radius 2 is 1.61 bits per heavy atom. The molecule has 1 aromatic heterocycles. The van der Waals surface area contributed by atoms with Crippen LogP contribution in [0.2, 0.25) is 0 Å². The summed E-state index contributed by atoms with van der Waals surface area (Å²) >= 11 is 0. The Kier molecular flexibility index (Phi) is 12.8. The number of aromatic nitrogens is 1. The van der Waals surface area contributed by atoms with Crippen molar-refractivity contribution in [1.29, 1.82) is 0 Å². The summed E-state index contributed by atoms with van der Waals surface area (Å²) in [4.78, 5) is 16.5. The van der Waals surface area contributed by atoms with Crippen molar-refractivity contribution in [2.24, 2.45) is 17.8 Å². The molecule has 0 bridgehead atoms. The molecule has 1 radical (unpaired) electrons. The van der Waals surface area contributed by atoms with E-state index >= 15 is 0 Å². The van der Waals surface area contributed by atoms with Gasteiger partial charge in [-0.05, 0) is 67.0 Å². The Labute approximate surface area is 277 Å². The number of benzene rings is 3. The molecule has 0 saturated carbocycles. The van der Waals surface area contributed by atoms with Crippen molar-refractivity contribution in [3.8, 4) is 22.8 Å². The molecular formula is C39H48IrNO3-. The number of rotatable bonds is 10. The number of allylic oxidation sites excluding steroid dienone is 2. The van der Waals surface area contributed by atoms with Crippen LogP contribution in [0.15, 0.2) is 60.5 Å². The Morgan fingerprint density at radius 3 is 2.23 bits per heavy atom. The van der Waals surface area contributed by atoms with Crippen LogP contribution < -0.4 is 4.74 Å². The van der Waals surface area contributed by atoms with E-state index in [0.29, 0.717) is 11.8 Å². The van der Waals surface area contributed by atoms with Crippen molar-refractivity contribution in [1.82, 2.24) is 4.98 Å². The van der Waals surface area contributed by atoms with Crippen LogP contribution in [0, 0.1) is 23.8 Å². The number of carbonyl (C=O) groups excluding carboxylic acids is 1. The van der Waals surface area contributed by atoms with Crippen molar-refractivity contribution in [3.63, 3.8) is 0 Å². The maximum Gasteiger partial charge on any atom is 0.162 e. The first-order chi connectivity index (χ1) is 20.6. The first-order valence-electron chi connectivity index (χ1n) is 16.1. The van der Waals surface area contributed by atoms with E-state index in [9.17, 15) is 9.90 Å². The third-order valence-corrected chi connectivity index (χ3v) is 8.59. The minimum Gasteiger partial charge on any atom is -0.512 e. The predicted molar refractivity (Wildman–Crippen MR) is 180 cm³/mol. The van der Waals surface area contributed by atoms with E-state index in [1.165, 1.54) is 28.0 Å². The number of aliphatic hydroxyl groups is 1. The number of ketones is 1. The van der Waals surface area contributed by atoms with Gasteiger partial charge in [-0.2, -0.15) is 0 Å². The summed E-state index contributed by atoms with van der Waals surface area (Å²) in [6.07, 6.45) is 7.86. The van der Waals surface area contributed by atoms with Gasteiger partial charge in [0.2, 0.25) is 0 Å². The van der Waals surface area contributed by atoms with Crippen molar-refractivity contribution < 1.29 is 34.7 Å². The molecule has 4 aromatic rings. The minimum atomic E-state index is 0. The molecular weight excluding hydrogens is 723 g/mol. The van der Waals surface area contributed by atoms with Crippen LogP contribution in [0.1, 0.15) is 98.1 Å². The SMILES string of the molecule is CC(C)Cc1cc2c3c(nccc3c1)-c1[c-]c3ccccc3c(C(C)C)c1O2.CCC(CC)C(=O)/C=C(\O)C(CC)CC.[Ir]. The zero-order valence-electron chi connectivity index (χ0n) is 27.6. The van der Waals surface area contributed by atoms with E-state index in [-0.39, 0.29) is 43.5 Å². The van der Waals surface area contributed by atoms with Crippen LogP contribution in [0.5, 0.6) is 11.5 Å². The molecule has 0 amide bonds. The zero-order valence-corrected chi connectivity index (χ0v) is 30.0. The van der Waals surface area contributed by atoms with E-state index in [4.69, 9.17) is 9.72 Å². The molecule has 5 heteroatoms. The number of hydrogen-bond acceptors (Lipinski definition) is 4. The molecule has 0 spiro atoms. The molecule has 1 aliphatic rings. The predicted octanol–water partition coefficient (Wildman–Crippen LogP) is 11.2. The Bertz CT molecular complexity index is 1610. The molecule has 0 aliphatic carbocycles. The van der Waals surface area contributed by atoms with Crippen molar-refractivity contribution >= 4 is 27.3 Å². The van der Waals surface area contributed by atoms with Gasteiger partial charge >= 0.3 is 0 Å². The third-order valence-electron chi connectivity index (χ3n) is 8.59. The molecule has 2 heterocycles. The summed E-state index contributed by atoms with van der Waals surface area (Å²) in [5, 5.41) is 14.4. The number of hydrogen-bond donors (Lipinski definition) is 1. The average Bonchev–Trinajstić information content (AvgIpc) is 2.97. The van der Waals surface area contributed by atoms with Gasteiger partial charge in [-0.3, -0.25) is 9.78 Å². The van der Waals surface area contributed by atoms with Crippen LogP contribution >= 0.6 is 0 Å². The standard InChI is InChI=1S/C26H24NO.C13H24O2.Ir/c1-15(2)11-17-12-19-9-10-27-25-21-14-18-7-5-6-8-20(18)23(16(3)4)26(21)28-22(13-17)24(19)25;1-5-10(6-2)12(14)9-13(15)11(7-3)8-4;/h5-10,12-13,15-16H,11H2,1-4H3;9-11,14H,5-8H2,1-4H3;/q-1;;/b;12-9-;. The topological polar surface area (TPSA) is 59.4 Å². The quantitative estimate of drug-likeness (QED) is 0.0873. The molecule has 4 nitrogen and oxygen atoms in total. The van der Waals surface area contributed by atoms with E-state index < -0.39 is 0 Å². The number of pyridine rings is 1. The van der Waals surface area contributed by atoms with Crippen molar-refractivity contribution in [2.75, 3.05) is 0 Å². The zero-order chi connectivity index (χ0) is 31.3. The van der Waals surface area contributed by atoms with Crippen molar-refractivity contribution in [3.05, 3.63) is 77.7 Å². The smallest absolute Gasteiger partial charge is 0.162 e. The van der Waals surface area contributed by atoms with Crippen LogP contribution in [-0.4, -0.2) is 15.9 Å². The monoisotopic (exact) mass is 771 g/mol. The van der Waals surface area contributed by atoms with Crippen LogP contribution in [-0.2, 0) is 31.3 Å². The number of fused-ring (bicyclic) bond motifs is 3. The van der Waals surface area contributed by atoms with E-state index in [1.807, 2.05) is 33.9 Å². The molecule has 0 fully saturated rings. The molecule has 1 aliphatic heterocycles. The maximum atomic E-state index is 11.7. The summed E-state index contributed by atoms with van der Waals surface area (Å²) in [5.41, 5.74) is 4.52. The van der Waals surface area contributed by atoms with Crippen LogP contribution in [0.4, 0.5) is 0 Å². The second kappa shape index (κ2) is 15.8. The first-order valence-corrected chi connectivity index (χ1v) is 16.1. The number of aliphatic hydroxyl groups excluding tert-OH is 1. The molecule has 3 aromatic carbocycles. The van der Waals surface area contributed by atoms with Gasteiger partial charge in [0, 0.05) is 55.3 Å². The summed E-state index contributed by atoms with van der Waals surface area (Å²) in [5.74, 6) is 3.33. The minimum absolute atomic E-state index is 0. The summed E-state index contributed by atoms with van der Waals surface area (Å²) < 4.78 is 6.60. The second-order valence-corrected chi connectivity index (χ2v) is 12.5. The van der Waals surface area contributed by atoms with Gasteiger partial charge in [-0.25, -0.2) is 0 Å². The normalized spacial score (nSPS) is 12.3. The molecule has 0 saturated heterocycles. The third kappa shape index (κ3) is 7.61. The fraction of sp³-hybridized carbons (Fsp3) is 0.436. The summed E-state index contributed by atoms with van der Waals surface area (Å²) in [7, 11) is 0. The second-order valence-electron chi connectivity index (χ2n) is 12.5. The maximum absolute atomic E-state index is 11.7. The van der Waals surface area contributed by atoms with E-state index in [2.05, 4.69) is 76.2 Å². The van der Waals surface area contributed by atoms with E-state index in [1.54, 1.807) is 0 Å². The number of carbonyl (C=O) groups is 1. The van der Waals surface area contributed by atoms with Gasteiger partial charge < -0.3 is 9.84 Å². The molecule has 0 unspecified atom stereocenters. The van der Waals surface area contributed by atoms with Gasteiger partial charge in [0.15, 0.2) is 5.78 Å². The van der Waals surface area contributed by atoms with E-state index in [0.717, 1.165) is 65.6 Å². The number of nitrogens with zero attached hydrogens (tertiary/aromatic N) is 1. The average molecular weight is 771 g/mol. The largest absolute Gasteiger partial charge is 0.512 e.